The largest absolute Gasteiger partial charge is 0.493 e. The summed E-state index contributed by atoms with van der Waals surface area (Å²) in [6, 6.07) is 18.6. The van der Waals surface area contributed by atoms with Gasteiger partial charge in [0.2, 0.25) is 0 Å². The Labute approximate surface area is 121 Å². The fourth-order valence-corrected chi connectivity index (χ4v) is 2.09. The Morgan fingerprint density at radius 1 is 1.00 bits per heavy atom. The third-order valence-electron chi connectivity index (χ3n) is 3.12. The molecule has 2 nitrogen and oxygen atoms in total. The van der Waals surface area contributed by atoms with E-state index in [0.29, 0.717) is 0 Å². The second-order valence-electron chi connectivity index (χ2n) is 4.67. The highest BCUT2D eigenvalue weighted by Gasteiger charge is 2.04. The van der Waals surface area contributed by atoms with E-state index in [0.717, 1.165) is 37.4 Å². The molecule has 0 atom stereocenters. The fourth-order valence-electron chi connectivity index (χ4n) is 2.09. The number of rotatable bonds is 8. The molecule has 0 amide bonds. The molecule has 2 aromatic carbocycles. The van der Waals surface area contributed by atoms with Crippen molar-refractivity contribution in [2.45, 2.75) is 6.42 Å². The van der Waals surface area contributed by atoms with Crippen molar-refractivity contribution in [2.24, 2.45) is 0 Å². The average molecular weight is 268 g/mol. The normalized spacial score (nSPS) is 10.2. The predicted octanol–water partition coefficient (Wildman–Crippen LogP) is 2.87. The zero-order valence-corrected chi connectivity index (χ0v) is 11.8. The van der Waals surface area contributed by atoms with E-state index in [2.05, 4.69) is 42.2 Å². The molecule has 104 valence electrons. The zero-order chi connectivity index (χ0) is 14.0. The number of hydrogen-bond acceptors (Lipinski definition) is 1. The Morgan fingerprint density at radius 2 is 1.75 bits per heavy atom. The van der Waals surface area contributed by atoms with Gasteiger partial charge in [0.05, 0.1) is 19.7 Å². The van der Waals surface area contributed by atoms with E-state index in [9.17, 15) is 0 Å². The molecule has 0 aliphatic rings. The van der Waals surface area contributed by atoms with Gasteiger partial charge in [-0.25, -0.2) is 0 Å². The Bertz CT molecular complexity index is 522. The predicted molar refractivity (Wildman–Crippen MR) is 83.8 cm³/mol. The van der Waals surface area contributed by atoms with Crippen LogP contribution in [0.3, 0.4) is 0 Å². The Kier molecular flexibility index (Phi) is 5.87. The highest BCUT2D eigenvalue weighted by Crippen LogP contribution is 2.29. The van der Waals surface area contributed by atoms with Gasteiger partial charge in [0.15, 0.2) is 0 Å². The van der Waals surface area contributed by atoms with Crippen molar-refractivity contribution < 1.29 is 10.1 Å². The van der Waals surface area contributed by atoms with Crippen LogP contribution in [0.4, 0.5) is 0 Å². The first-order chi connectivity index (χ1) is 9.92. The topological polar surface area (TPSA) is 25.8 Å². The van der Waals surface area contributed by atoms with Crippen LogP contribution in [0.2, 0.25) is 0 Å². The maximum Gasteiger partial charge on any atom is 0.127 e. The van der Waals surface area contributed by atoms with Crippen molar-refractivity contribution in [1.82, 2.24) is 0 Å². The first-order valence-corrected chi connectivity index (χ1v) is 7.11. The summed E-state index contributed by atoms with van der Waals surface area (Å²) in [7, 11) is 0. The lowest BCUT2D eigenvalue weighted by Gasteiger charge is -2.11. The molecule has 2 N–H and O–H groups in total. The summed E-state index contributed by atoms with van der Waals surface area (Å²) in [4.78, 5) is 0. The van der Waals surface area contributed by atoms with Gasteiger partial charge in [0.25, 0.3) is 0 Å². The monoisotopic (exact) mass is 268 g/mol. The van der Waals surface area contributed by atoms with E-state index in [4.69, 9.17) is 4.74 Å². The van der Waals surface area contributed by atoms with Crippen molar-refractivity contribution in [2.75, 3.05) is 19.7 Å². The molecule has 2 rings (SSSR count). The second kappa shape index (κ2) is 8.18. The third-order valence-corrected chi connectivity index (χ3v) is 3.12. The van der Waals surface area contributed by atoms with Gasteiger partial charge >= 0.3 is 0 Å². The molecule has 0 fully saturated rings. The molecule has 0 saturated carbocycles. The molecule has 0 aliphatic heterocycles. The summed E-state index contributed by atoms with van der Waals surface area (Å²) < 4.78 is 5.93. The summed E-state index contributed by atoms with van der Waals surface area (Å²) in [6.07, 6.45) is 2.96. The van der Waals surface area contributed by atoms with Crippen LogP contribution in [-0.4, -0.2) is 19.7 Å². The lowest BCUT2D eigenvalue weighted by molar-refractivity contribution is -0.646. The molecule has 0 bridgehead atoms. The number of benzene rings is 2. The molecule has 0 unspecified atom stereocenters. The van der Waals surface area contributed by atoms with Gasteiger partial charge in [-0.05, 0) is 17.7 Å². The summed E-state index contributed by atoms with van der Waals surface area (Å²) in [5.41, 5.74) is 2.35. The van der Waals surface area contributed by atoms with Crippen LogP contribution in [0.25, 0.3) is 11.1 Å². The van der Waals surface area contributed by atoms with E-state index in [-0.39, 0.29) is 0 Å². The molecule has 0 aliphatic carbocycles. The molecular formula is C18H22NO+. The summed E-state index contributed by atoms with van der Waals surface area (Å²) >= 11 is 0. The Balaban J connectivity index is 1.93. The number of ether oxygens (including phenoxy) is 1. The van der Waals surface area contributed by atoms with E-state index in [1.54, 1.807) is 0 Å². The smallest absolute Gasteiger partial charge is 0.127 e. The van der Waals surface area contributed by atoms with Crippen molar-refractivity contribution >= 4 is 0 Å². The van der Waals surface area contributed by atoms with Gasteiger partial charge in [-0.3, -0.25) is 0 Å². The summed E-state index contributed by atoms with van der Waals surface area (Å²) in [6.45, 7) is 6.50. The Hall–Kier alpha value is -2.06. The zero-order valence-electron chi connectivity index (χ0n) is 11.8. The quantitative estimate of drug-likeness (QED) is 0.578. The van der Waals surface area contributed by atoms with Gasteiger partial charge in [0.1, 0.15) is 5.75 Å². The van der Waals surface area contributed by atoms with Crippen LogP contribution in [-0.2, 0) is 0 Å². The number of hydrogen-bond donors (Lipinski definition) is 1. The first kappa shape index (κ1) is 14.4. The third kappa shape index (κ3) is 4.25. The number of para-hydroxylation sites is 1. The highest BCUT2D eigenvalue weighted by molar-refractivity contribution is 5.70. The summed E-state index contributed by atoms with van der Waals surface area (Å²) in [5.74, 6) is 0.961. The van der Waals surface area contributed by atoms with Crippen LogP contribution in [0, 0.1) is 0 Å². The van der Waals surface area contributed by atoms with Crippen LogP contribution in [0.15, 0.2) is 67.3 Å². The van der Waals surface area contributed by atoms with E-state index in [1.807, 2.05) is 30.3 Å². The lowest BCUT2D eigenvalue weighted by Crippen LogP contribution is -2.84. The molecule has 0 radical (unpaired) electrons. The summed E-state index contributed by atoms with van der Waals surface area (Å²) in [5, 5.41) is 2.24. The van der Waals surface area contributed by atoms with Crippen molar-refractivity contribution in [3.05, 3.63) is 67.3 Å². The number of nitrogens with two attached hydrogens (primary N) is 1. The molecule has 0 heterocycles. The van der Waals surface area contributed by atoms with Crippen LogP contribution >= 0.6 is 0 Å². The van der Waals surface area contributed by atoms with Gasteiger partial charge in [-0.1, -0.05) is 55.1 Å². The van der Waals surface area contributed by atoms with Crippen LogP contribution in [0.1, 0.15) is 6.42 Å². The van der Waals surface area contributed by atoms with E-state index < -0.39 is 0 Å². The molecule has 2 heteroatoms. The fraction of sp³-hybridized carbons (Fsp3) is 0.222. The van der Waals surface area contributed by atoms with Crippen molar-refractivity contribution in [1.29, 1.82) is 0 Å². The second-order valence-corrected chi connectivity index (χ2v) is 4.67. The molecule has 2 aromatic rings. The SMILES string of the molecule is C=CC[NH2+]CCCOc1ccccc1-c1ccccc1. The molecule has 0 spiro atoms. The average Bonchev–Trinajstić information content (AvgIpc) is 2.52. The van der Waals surface area contributed by atoms with Gasteiger partial charge < -0.3 is 10.1 Å². The van der Waals surface area contributed by atoms with Crippen molar-refractivity contribution in [3.63, 3.8) is 0 Å². The van der Waals surface area contributed by atoms with Gasteiger partial charge in [-0.15, -0.1) is 0 Å². The van der Waals surface area contributed by atoms with E-state index in [1.165, 1.54) is 5.56 Å². The van der Waals surface area contributed by atoms with Crippen LogP contribution < -0.4 is 10.1 Å². The number of quaternary nitrogens is 1. The van der Waals surface area contributed by atoms with Gasteiger partial charge in [-0.2, -0.15) is 0 Å². The molecule has 0 aromatic heterocycles. The minimum absolute atomic E-state index is 0.748. The van der Waals surface area contributed by atoms with Gasteiger partial charge in [0, 0.05) is 12.0 Å². The highest BCUT2D eigenvalue weighted by atomic mass is 16.5. The van der Waals surface area contributed by atoms with Crippen LogP contribution in [0.5, 0.6) is 5.75 Å². The maximum absolute atomic E-state index is 5.93. The maximum atomic E-state index is 5.93. The lowest BCUT2D eigenvalue weighted by atomic mass is 10.1. The minimum Gasteiger partial charge on any atom is -0.493 e. The minimum atomic E-state index is 0.748. The molecule has 20 heavy (non-hydrogen) atoms. The molecule has 0 saturated heterocycles. The van der Waals surface area contributed by atoms with Crippen molar-refractivity contribution in [3.8, 4) is 16.9 Å². The Morgan fingerprint density at radius 3 is 2.55 bits per heavy atom. The standard InChI is InChI=1S/C18H21NO/c1-2-13-19-14-8-15-20-18-12-7-6-11-17(18)16-9-4-3-5-10-16/h2-7,9-12,19H,1,8,13-15H2/p+1. The molecular weight excluding hydrogens is 246 g/mol. The van der Waals surface area contributed by atoms with E-state index >= 15 is 0 Å². The first-order valence-electron chi connectivity index (χ1n) is 7.11.